The number of hydrogen-bond acceptors (Lipinski definition) is 7. The third kappa shape index (κ3) is 6.13. The van der Waals surface area contributed by atoms with Gasteiger partial charge in [-0.25, -0.2) is 11.0 Å². The Morgan fingerprint density at radius 3 is 2.70 bits per heavy atom. The van der Waals surface area contributed by atoms with E-state index < -0.39 is 17.8 Å². The molecule has 2 aromatic carbocycles. The lowest BCUT2D eigenvalue weighted by Gasteiger charge is -2.41. The highest BCUT2D eigenvalue weighted by Crippen LogP contribution is 2.36. The first-order chi connectivity index (χ1) is 20.8. The fourth-order valence-corrected chi connectivity index (χ4v) is 6.13. The Kier molecular flexibility index (Phi) is 8.17. The summed E-state index contributed by atoms with van der Waals surface area (Å²) in [5.41, 5.74) is 4.33. The molecule has 6 rings (SSSR count). The van der Waals surface area contributed by atoms with Crippen molar-refractivity contribution in [2.75, 3.05) is 49.1 Å². The van der Waals surface area contributed by atoms with Crippen LogP contribution in [0.1, 0.15) is 36.6 Å². The summed E-state index contributed by atoms with van der Waals surface area (Å²) in [5.74, 6) is -1.01. The molecule has 10 heteroatoms. The fourth-order valence-electron chi connectivity index (χ4n) is 6.13. The van der Waals surface area contributed by atoms with Crippen molar-refractivity contribution in [2.45, 2.75) is 57.9 Å². The number of nitrogens with zero attached hydrogens (tertiary/aromatic N) is 6. The SMILES string of the molecule is [C-]#[N+]C[C@H]1CN(c2nc(O[C@@H](C)COC3CC3)nc3c2CCN(c2cccc4cccc(C)c24)C3)CCN1C(=O)C(=C)F. The standard InChI is InChI=1S/C33H37FN6O3/c1-21-7-5-8-24-9-6-10-29(30(21)24)38-14-13-27-28(19-38)36-33(43-22(2)20-42-26-11-12-26)37-31(27)39-15-16-40(32(41)23(3)34)25(18-39)17-35-4/h5-10,22,25-26H,3,11-20H2,1-2H3/t22-,25-/m0/s1. The minimum absolute atomic E-state index is 0.0654. The number of amides is 1. The first kappa shape index (κ1) is 28.9. The summed E-state index contributed by atoms with van der Waals surface area (Å²) in [5, 5.41) is 2.44. The van der Waals surface area contributed by atoms with Gasteiger partial charge in [0.25, 0.3) is 5.91 Å². The number of piperazine rings is 1. The molecule has 0 unspecified atom stereocenters. The second-order valence-corrected chi connectivity index (χ2v) is 11.7. The largest absolute Gasteiger partial charge is 0.458 e. The number of carbonyl (C=O) groups excluding carboxylic acids is 1. The van der Waals surface area contributed by atoms with Crippen molar-refractivity contribution in [3.8, 4) is 6.01 Å². The molecule has 0 N–H and O–H groups in total. The Morgan fingerprint density at radius 1 is 1.16 bits per heavy atom. The number of aryl methyl sites for hydroxylation is 1. The lowest BCUT2D eigenvalue weighted by atomic mass is 9.99. The molecule has 43 heavy (non-hydrogen) atoms. The summed E-state index contributed by atoms with van der Waals surface area (Å²) in [6, 6.07) is 12.6. The second kappa shape index (κ2) is 12.2. The van der Waals surface area contributed by atoms with Gasteiger partial charge in [0, 0.05) is 42.8 Å². The third-order valence-corrected chi connectivity index (χ3v) is 8.43. The highest BCUT2D eigenvalue weighted by molar-refractivity contribution is 5.97. The van der Waals surface area contributed by atoms with Crippen LogP contribution in [0.5, 0.6) is 6.01 Å². The van der Waals surface area contributed by atoms with Crippen molar-refractivity contribution in [2.24, 2.45) is 0 Å². The van der Waals surface area contributed by atoms with E-state index in [1.807, 2.05) is 6.92 Å². The topological polar surface area (TPSA) is 75.4 Å². The molecule has 0 bridgehead atoms. The maximum Gasteiger partial charge on any atom is 0.319 e. The molecular weight excluding hydrogens is 547 g/mol. The summed E-state index contributed by atoms with van der Waals surface area (Å²) in [6.07, 6.45) is 2.99. The van der Waals surface area contributed by atoms with Crippen molar-refractivity contribution in [3.63, 3.8) is 0 Å². The van der Waals surface area contributed by atoms with Crippen LogP contribution in [-0.4, -0.2) is 78.4 Å². The molecule has 3 heterocycles. The van der Waals surface area contributed by atoms with Gasteiger partial charge >= 0.3 is 6.01 Å². The summed E-state index contributed by atoms with van der Waals surface area (Å²) in [4.78, 5) is 31.7. The number of carbonyl (C=O) groups is 1. The first-order valence-electron chi connectivity index (χ1n) is 15.0. The third-order valence-electron chi connectivity index (χ3n) is 8.43. The molecule has 2 atom stereocenters. The van der Waals surface area contributed by atoms with Crippen LogP contribution in [0.2, 0.25) is 0 Å². The summed E-state index contributed by atoms with van der Waals surface area (Å²) in [7, 11) is 0. The summed E-state index contributed by atoms with van der Waals surface area (Å²) in [6.45, 7) is 17.7. The van der Waals surface area contributed by atoms with Gasteiger partial charge in [-0.2, -0.15) is 9.97 Å². The Balaban J connectivity index is 1.33. The van der Waals surface area contributed by atoms with E-state index in [-0.39, 0.29) is 25.2 Å². The number of fused-ring (bicyclic) bond motifs is 2. The predicted molar refractivity (Wildman–Crippen MR) is 164 cm³/mol. The number of ether oxygens (including phenoxy) is 2. The van der Waals surface area contributed by atoms with Crippen LogP contribution in [0.15, 0.2) is 48.8 Å². The monoisotopic (exact) mass is 584 g/mol. The smallest absolute Gasteiger partial charge is 0.319 e. The zero-order valence-corrected chi connectivity index (χ0v) is 24.8. The van der Waals surface area contributed by atoms with Gasteiger partial charge in [0.15, 0.2) is 5.83 Å². The highest BCUT2D eigenvalue weighted by Gasteiger charge is 2.36. The van der Waals surface area contributed by atoms with E-state index in [2.05, 4.69) is 64.5 Å². The van der Waals surface area contributed by atoms with E-state index in [9.17, 15) is 9.18 Å². The van der Waals surface area contributed by atoms with Crippen LogP contribution in [0.3, 0.4) is 0 Å². The van der Waals surface area contributed by atoms with E-state index in [1.165, 1.54) is 26.9 Å². The Morgan fingerprint density at radius 2 is 1.95 bits per heavy atom. The van der Waals surface area contributed by atoms with E-state index in [1.54, 1.807) is 0 Å². The highest BCUT2D eigenvalue weighted by atomic mass is 19.1. The summed E-state index contributed by atoms with van der Waals surface area (Å²) >= 11 is 0. The predicted octanol–water partition coefficient (Wildman–Crippen LogP) is 4.87. The molecule has 3 aliphatic rings. The van der Waals surface area contributed by atoms with Crippen molar-refractivity contribution in [1.82, 2.24) is 14.9 Å². The number of halogens is 1. The molecule has 0 radical (unpaired) electrons. The average molecular weight is 585 g/mol. The number of aromatic nitrogens is 2. The molecule has 9 nitrogen and oxygen atoms in total. The molecule has 2 aliphatic heterocycles. The molecule has 1 amide bonds. The van der Waals surface area contributed by atoms with Crippen LogP contribution in [0.4, 0.5) is 15.9 Å². The number of anilines is 2. The lowest BCUT2D eigenvalue weighted by molar-refractivity contribution is -0.131. The van der Waals surface area contributed by atoms with E-state index in [4.69, 9.17) is 26.0 Å². The number of rotatable bonds is 9. The van der Waals surface area contributed by atoms with Crippen molar-refractivity contribution < 1.29 is 18.7 Å². The second-order valence-electron chi connectivity index (χ2n) is 11.7. The van der Waals surface area contributed by atoms with E-state index >= 15 is 0 Å². The van der Waals surface area contributed by atoms with Gasteiger partial charge in [0.05, 0.1) is 24.9 Å². The zero-order valence-electron chi connectivity index (χ0n) is 24.8. The van der Waals surface area contributed by atoms with Gasteiger partial charge in [0.1, 0.15) is 18.0 Å². The molecule has 1 aliphatic carbocycles. The van der Waals surface area contributed by atoms with Gasteiger partial charge in [-0.05, 0) is 50.1 Å². The maximum atomic E-state index is 13.8. The van der Waals surface area contributed by atoms with Crippen molar-refractivity contribution in [1.29, 1.82) is 0 Å². The van der Waals surface area contributed by atoms with Crippen LogP contribution in [0.25, 0.3) is 15.6 Å². The summed E-state index contributed by atoms with van der Waals surface area (Å²) < 4.78 is 25.9. The van der Waals surface area contributed by atoms with Gasteiger partial charge in [-0.3, -0.25) is 4.79 Å². The minimum Gasteiger partial charge on any atom is -0.458 e. The van der Waals surface area contributed by atoms with Crippen LogP contribution < -0.4 is 14.5 Å². The quantitative estimate of drug-likeness (QED) is 0.263. The Hall–Kier alpha value is -4.23. The normalized spacial score (nSPS) is 19.1. The molecule has 1 saturated heterocycles. The Bertz CT molecular complexity index is 1580. The molecule has 1 saturated carbocycles. The molecule has 224 valence electrons. The number of benzene rings is 2. The number of hydrogen-bond donors (Lipinski definition) is 0. The minimum atomic E-state index is -1.01. The lowest BCUT2D eigenvalue weighted by Crippen LogP contribution is -2.57. The molecule has 1 aromatic heterocycles. The van der Waals surface area contributed by atoms with Crippen LogP contribution in [-0.2, 0) is 22.5 Å². The average Bonchev–Trinajstić information content (AvgIpc) is 3.84. The molecular formula is C33H37FN6O3. The van der Waals surface area contributed by atoms with Crippen molar-refractivity contribution >= 4 is 28.2 Å². The van der Waals surface area contributed by atoms with Crippen molar-refractivity contribution in [3.05, 3.63) is 77.0 Å². The molecule has 2 fully saturated rings. The molecule has 3 aromatic rings. The van der Waals surface area contributed by atoms with E-state index in [0.29, 0.717) is 32.3 Å². The fraction of sp³-hybridized carbons (Fsp3) is 0.455. The zero-order chi connectivity index (χ0) is 30.1. The first-order valence-corrected chi connectivity index (χ1v) is 15.0. The van der Waals surface area contributed by atoms with Gasteiger partial charge in [-0.15, -0.1) is 0 Å². The molecule has 0 spiro atoms. The maximum absolute atomic E-state index is 13.8. The van der Waals surface area contributed by atoms with Gasteiger partial charge < -0.3 is 29.0 Å². The van der Waals surface area contributed by atoms with Crippen LogP contribution >= 0.6 is 0 Å². The van der Waals surface area contributed by atoms with E-state index in [0.717, 1.165) is 42.9 Å². The van der Waals surface area contributed by atoms with Crippen LogP contribution in [0, 0.1) is 13.5 Å². The van der Waals surface area contributed by atoms with Gasteiger partial charge in [-0.1, -0.05) is 36.9 Å². The Labute approximate surface area is 251 Å². The van der Waals surface area contributed by atoms with Gasteiger partial charge in [0.2, 0.25) is 6.54 Å².